The van der Waals surface area contributed by atoms with Gasteiger partial charge in [0.1, 0.15) is 5.75 Å². The maximum Gasteiger partial charge on any atom is 0.170 e. The number of nitrogens with one attached hydrogen (secondary N) is 2. The third kappa shape index (κ3) is 5.33. The van der Waals surface area contributed by atoms with Gasteiger partial charge in [-0.15, -0.1) is 0 Å². The van der Waals surface area contributed by atoms with E-state index >= 15 is 0 Å². The molecule has 0 unspecified atom stereocenters. The maximum absolute atomic E-state index is 5.57. The molecule has 1 heterocycles. The van der Waals surface area contributed by atoms with E-state index in [4.69, 9.17) is 21.7 Å². The lowest BCUT2D eigenvalue weighted by Gasteiger charge is -2.45. The Morgan fingerprint density at radius 2 is 2.00 bits per heavy atom. The Balaban J connectivity index is 1.55. The largest absolute Gasteiger partial charge is 0.494 e. The summed E-state index contributed by atoms with van der Waals surface area (Å²) in [6.07, 6.45) is 7.80. The van der Waals surface area contributed by atoms with Gasteiger partial charge in [-0.05, 0) is 57.0 Å². The standard InChI is InChI=1S/C21H33N3O2S/c1-3-26-19-8-6-7-17(15-19)23-20(27)22-16-21(11-4-5-12-21)24-13-9-18(25-2)10-14-24/h6-8,15,18H,3-5,9-14,16H2,1-2H3,(H2,22,23,27). The van der Waals surface area contributed by atoms with E-state index in [-0.39, 0.29) is 5.54 Å². The van der Waals surface area contributed by atoms with Gasteiger partial charge in [-0.3, -0.25) is 4.90 Å². The van der Waals surface area contributed by atoms with E-state index in [1.54, 1.807) is 0 Å². The van der Waals surface area contributed by atoms with Crippen molar-refractivity contribution >= 4 is 23.0 Å². The molecule has 5 nitrogen and oxygen atoms in total. The average molecular weight is 392 g/mol. The monoisotopic (exact) mass is 391 g/mol. The van der Waals surface area contributed by atoms with Crippen LogP contribution in [-0.2, 0) is 4.74 Å². The minimum Gasteiger partial charge on any atom is -0.494 e. The number of likely N-dealkylation sites (tertiary alicyclic amines) is 1. The molecular formula is C21H33N3O2S. The van der Waals surface area contributed by atoms with Gasteiger partial charge in [-0.1, -0.05) is 18.9 Å². The first-order valence-electron chi connectivity index (χ1n) is 10.2. The van der Waals surface area contributed by atoms with E-state index in [2.05, 4.69) is 15.5 Å². The summed E-state index contributed by atoms with van der Waals surface area (Å²) < 4.78 is 11.1. The number of methoxy groups -OCH3 is 1. The third-order valence-corrected chi connectivity index (χ3v) is 6.21. The van der Waals surface area contributed by atoms with Crippen LogP contribution in [0.15, 0.2) is 24.3 Å². The lowest BCUT2D eigenvalue weighted by Crippen LogP contribution is -2.57. The second-order valence-corrected chi connectivity index (χ2v) is 8.03. The highest BCUT2D eigenvalue weighted by molar-refractivity contribution is 7.80. The Morgan fingerprint density at radius 3 is 2.67 bits per heavy atom. The SMILES string of the molecule is CCOc1cccc(NC(=S)NCC2(N3CCC(OC)CC3)CCCC2)c1. The van der Waals surface area contributed by atoms with Crippen molar-refractivity contribution in [1.29, 1.82) is 0 Å². The zero-order chi connectivity index (χ0) is 19.1. The quantitative estimate of drug-likeness (QED) is 0.690. The smallest absolute Gasteiger partial charge is 0.170 e. The van der Waals surface area contributed by atoms with Crippen molar-refractivity contribution in [1.82, 2.24) is 10.2 Å². The van der Waals surface area contributed by atoms with Gasteiger partial charge in [-0.2, -0.15) is 0 Å². The fourth-order valence-corrected chi connectivity index (χ4v) is 4.64. The third-order valence-electron chi connectivity index (χ3n) is 5.96. The highest BCUT2D eigenvalue weighted by Gasteiger charge is 2.40. The Kier molecular flexibility index (Phi) is 7.33. The molecule has 0 bridgehead atoms. The summed E-state index contributed by atoms with van der Waals surface area (Å²) in [6.45, 7) is 5.80. The van der Waals surface area contributed by atoms with Crippen molar-refractivity contribution in [3.8, 4) is 5.75 Å². The number of nitrogens with zero attached hydrogens (tertiary/aromatic N) is 1. The molecular weight excluding hydrogens is 358 g/mol. The van der Waals surface area contributed by atoms with Crippen LogP contribution >= 0.6 is 12.2 Å². The topological polar surface area (TPSA) is 45.8 Å². The summed E-state index contributed by atoms with van der Waals surface area (Å²) in [5.41, 5.74) is 1.19. The first-order chi connectivity index (χ1) is 13.1. The Bertz CT molecular complexity index is 611. The molecule has 2 aliphatic rings. The fraction of sp³-hybridized carbons (Fsp3) is 0.667. The predicted octanol–water partition coefficient (Wildman–Crippen LogP) is 3.80. The molecule has 150 valence electrons. The number of thiocarbonyl (C=S) groups is 1. The van der Waals surface area contributed by atoms with Crippen molar-refractivity contribution in [2.24, 2.45) is 0 Å². The molecule has 27 heavy (non-hydrogen) atoms. The molecule has 0 aromatic heterocycles. The molecule has 1 aliphatic heterocycles. The van der Waals surface area contributed by atoms with Crippen molar-refractivity contribution in [3.05, 3.63) is 24.3 Å². The van der Waals surface area contributed by atoms with Crippen LogP contribution in [0.4, 0.5) is 5.69 Å². The van der Waals surface area contributed by atoms with Crippen molar-refractivity contribution < 1.29 is 9.47 Å². The zero-order valence-corrected chi connectivity index (χ0v) is 17.4. The normalized spacial score (nSPS) is 20.4. The molecule has 0 atom stereocenters. The van der Waals surface area contributed by atoms with E-state index < -0.39 is 0 Å². The number of benzene rings is 1. The molecule has 1 saturated carbocycles. The Labute approximate surface area is 168 Å². The van der Waals surface area contributed by atoms with Crippen molar-refractivity contribution in [2.75, 3.05) is 38.7 Å². The van der Waals surface area contributed by atoms with E-state index in [0.717, 1.165) is 43.9 Å². The molecule has 3 rings (SSSR count). The van der Waals surface area contributed by atoms with E-state index in [0.29, 0.717) is 17.8 Å². The van der Waals surface area contributed by atoms with Crippen LogP contribution in [0, 0.1) is 0 Å². The summed E-state index contributed by atoms with van der Waals surface area (Å²) in [6, 6.07) is 7.94. The number of ether oxygens (including phenoxy) is 2. The molecule has 1 saturated heterocycles. The molecule has 1 aliphatic carbocycles. The van der Waals surface area contributed by atoms with Gasteiger partial charge in [0.05, 0.1) is 12.7 Å². The predicted molar refractivity (Wildman–Crippen MR) is 115 cm³/mol. The van der Waals surface area contributed by atoms with Crippen LogP contribution in [0.1, 0.15) is 45.4 Å². The second-order valence-electron chi connectivity index (χ2n) is 7.62. The molecule has 1 aromatic carbocycles. The van der Waals surface area contributed by atoms with Crippen LogP contribution in [0.3, 0.4) is 0 Å². The van der Waals surface area contributed by atoms with E-state index in [1.807, 2.05) is 38.3 Å². The minimum atomic E-state index is 0.234. The van der Waals surface area contributed by atoms with Crippen molar-refractivity contribution in [3.63, 3.8) is 0 Å². The zero-order valence-electron chi connectivity index (χ0n) is 16.6. The van der Waals surface area contributed by atoms with Gasteiger partial charge in [-0.25, -0.2) is 0 Å². The average Bonchev–Trinajstić information content (AvgIpc) is 3.17. The molecule has 2 fully saturated rings. The summed E-state index contributed by atoms with van der Waals surface area (Å²) in [7, 11) is 1.83. The summed E-state index contributed by atoms with van der Waals surface area (Å²) in [5, 5.41) is 7.48. The van der Waals surface area contributed by atoms with Crippen LogP contribution in [0.2, 0.25) is 0 Å². The molecule has 2 N–H and O–H groups in total. The Hall–Kier alpha value is -1.37. The van der Waals surface area contributed by atoms with Gasteiger partial charge >= 0.3 is 0 Å². The number of hydrogen-bond acceptors (Lipinski definition) is 4. The van der Waals surface area contributed by atoms with Crippen LogP contribution in [0.5, 0.6) is 5.75 Å². The highest BCUT2D eigenvalue weighted by atomic mass is 32.1. The first kappa shape index (κ1) is 20.4. The van der Waals surface area contributed by atoms with Crippen LogP contribution in [-0.4, -0.2) is 55.0 Å². The lowest BCUT2D eigenvalue weighted by atomic mass is 9.91. The minimum absolute atomic E-state index is 0.234. The number of anilines is 1. The van der Waals surface area contributed by atoms with E-state index in [1.165, 1.54) is 25.7 Å². The molecule has 1 aromatic rings. The van der Waals surface area contributed by atoms with Crippen molar-refractivity contribution in [2.45, 2.75) is 57.1 Å². The fourth-order valence-electron chi connectivity index (χ4n) is 4.45. The molecule has 6 heteroatoms. The van der Waals surface area contributed by atoms with Gasteiger partial charge in [0.25, 0.3) is 0 Å². The van der Waals surface area contributed by atoms with Crippen LogP contribution < -0.4 is 15.4 Å². The lowest BCUT2D eigenvalue weighted by molar-refractivity contribution is -0.00152. The summed E-state index contributed by atoms with van der Waals surface area (Å²) >= 11 is 5.57. The van der Waals surface area contributed by atoms with Gasteiger partial charge in [0.2, 0.25) is 0 Å². The first-order valence-corrected chi connectivity index (χ1v) is 10.6. The van der Waals surface area contributed by atoms with Crippen LogP contribution in [0.25, 0.3) is 0 Å². The number of rotatable bonds is 7. The van der Waals surface area contributed by atoms with Gasteiger partial charge in [0, 0.05) is 44.0 Å². The second kappa shape index (κ2) is 9.71. The maximum atomic E-state index is 5.57. The number of piperidine rings is 1. The number of hydrogen-bond donors (Lipinski definition) is 2. The summed E-state index contributed by atoms with van der Waals surface area (Å²) in [5.74, 6) is 0.860. The molecule has 0 radical (unpaired) electrons. The molecule has 0 amide bonds. The van der Waals surface area contributed by atoms with E-state index in [9.17, 15) is 0 Å². The van der Waals surface area contributed by atoms with Gasteiger partial charge < -0.3 is 20.1 Å². The Morgan fingerprint density at radius 1 is 1.26 bits per heavy atom. The molecule has 0 spiro atoms. The highest BCUT2D eigenvalue weighted by Crippen LogP contribution is 2.36. The summed E-state index contributed by atoms with van der Waals surface area (Å²) in [4.78, 5) is 2.68. The van der Waals surface area contributed by atoms with Gasteiger partial charge in [0.15, 0.2) is 5.11 Å².